The summed E-state index contributed by atoms with van der Waals surface area (Å²) in [6.45, 7) is 7.85. The highest BCUT2D eigenvalue weighted by atomic mass is 16.4. The van der Waals surface area contributed by atoms with Crippen LogP contribution in [-0.4, -0.2) is 0 Å². The van der Waals surface area contributed by atoms with Crippen molar-refractivity contribution in [3.05, 3.63) is 64.0 Å². The van der Waals surface area contributed by atoms with E-state index in [0.717, 1.165) is 23.1 Å². The molecule has 2 nitrogen and oxygen atoms in total. The second kappa shape index (κ2) is 5.05. The molecular formula is C16H16O2. The highest BCUT2D eigenvalue weighted by Gasteiger charge is 2.11. The van der Waals surface area contributed by atoms with Gasteiger partial charge in [-0.3, -0.25) is 0 Å². The minimum Gasteiger partial charge on any atom is -0.422 e. The lowest BCUT2D eigenvalue weighted by Crippen LogP contribution is -2.03. The fraction of sp³-hybridized carbons (Fsp3) is 0.188. The molecule has 0 saturated heterocycles. The summed E-state index contributed by atoms with van der Waals surface area (Å²) in [4.78, 5) is 11.6. The van der Waals surface area contributed by atoms with Gasteiger partial charge in [-0.25, -0.2) is 4.79 Å². The van der Waals surface area contributed by atoms with Crippen LogP contribution < -0.4 is 5.63 Å². The van der Waals surface area contributed by atoms with Crippen molar-refractivity contribution in [3.8, 4) is 11.3 Å². The molecular weight excluding hydrogens is 224 g/mol. The molecule has 0 fully saturated rings. The Bertz CT molecular complexity index is 619. The van der Waals surface area contributed by atoms with Crippen molar-refractivity contribution in [2.24, 2.45) is 0 Å². The lowest BCUT2D eigenvalue weighted by molar-refractivity contribution is 0.522. The predicted molar refractivity (Wildman–Crippen MR) is 74.6 cm³/mol. The van der Waals surface area contributed by atoms with Crippen molar-refractivity contribution in [3.63, 3.8) is 0 Å². The minimum absolute atomic E-state index is 0.312. The number of hydrogen-bond donors (Lipinski definition) is 0. The second-order valence-corrected chi connectivity index (χ2v) is 4.26. The van der Waals surface area contributed by atoms with Crippen LogP contribution in [0, 0.1) is 6.92 Å². The van der Waals surface area contributed by atoms with Gasteiger partial charge in [0.1, 0.15) is 5.76 Å². The van der Waals surface area contributed by atoms with Crippen molar-refractivity contribution in [2.45, 2.75) is 20.3 Å². The Morgan fingerprint density at radius 2 is 1.94 bits per heavy atom. The molecule has 0 saturated carbocycles. The summed E-state index contributed by atoms with van der Waals surface area (Å²) in [6.07, 6.45) is 2.53. The monoisotopic (exact) mass is 240 g/mol. The van der Waals surface area contributed by atoms with Crippen LogP contribution in [0.5, 0.6) is 0 Å². The number of benzene rings is 1. The maximum absolute atomic E-state index is 11.6. The first-order chi connectivity index (χ1) is 8.65. The smallest absolute Gasteiger partial charge is 0.336 e. The zero-order valence-corrected chi connectivity index (χ0v) is 10.7. The Hall–Kier alpha value is -2.09. The van der Waals surface area contributed by atoms with Gasteiger partial charge in [0.15, 0.2) is 0 Å². The molecule has 2 rings (SSSR count). The molecule has 0 amide bonds. The second-order valence-electron chi connectivity index (χ2n) is 4.26. The van der Waals surface area contributed by atoms with Crippen LogP contribution in [-0.2, 0) is 6.42 Å². The molecule has 92 valence electrons. The normalized spacial score (nSPS) is 10.3. The van der Waals surface area contributed by atoms with E-state index in [9.17, 15) is 4.79 Å². The molecule has 0 bridgehead atoms. The molecule has 1 heterocycles. The van der Waals surface area contributed by atoms with Gasteiger partial charge in [0, 0.05) is 17.2 Å². The predicted octanol–water partition coefficient (Wildman–Crippen LogP) is 3.82. The van der Waals surface area contributed by atoms with Crippen LogP contribution in [0.3, 0.4) is 0 Å². The van der Waals surface area contributed by atoms with Gasteiger partial charge in [0.2, 0.25) is 0 Å². The molecule has 18 heavy (non-hydrogen) atoms. The third-order valence-corrected chi connectivity index (χ3v) is 2.98. The number of hydrogen-bond acceptors (Lipinski definition) is 2. The summed E-state index contributed by atoms with van der Waals surface area (Å²) in [5, 5.41) is 0. The molecule has 0 N–H and O–H groups in total. The van der Waals surface area contributed by atoms with Gasteiger partial charge in [-0.2, -0.15) is 0 Å². The van der Waals surface area contributed by atoms with Crippen molar-refractivity contribution in [1.29, 1.82) is 0 Å². The molecule has 0 aliphatic carbocycles. The Balaban J connectivity index is 2.69. The van der Waals surface area contributed by atoms with Gasteiger partial charge in [-0.1, -0.05) is 49.4 Å². The molecule has 1 aromatic heterocycles. The highest BCUT2D eigenvalue weighted by Crippen LogP contribution is 2.26. The van der Waals surface area contributed by atoms with E-state index in [1.807, 2.05) is 38.1 Å². The molecule has 2 aromatic rings. The van der Waals surface area contributed by atoms with Crippen LogP contribution in [0.25, 0.3) is 17.4 Å². The van der Waals surface area contributed by atoms with Gasteiger partial charge >= 0.3 is 5.63 Å². The first kappa shape index (κ1) is 12.4. The standard InChI is InChI=1S/C16H16O2/c1-4-12-10-15(17)18-16(14(12)5-2)13-8-6-11(3)7-9-13/h5-10H,2,4H2,1,3H3. The third-order valence-electron chi connectivity index (χ3n) is 2.98. The van der Waals surface area contributed by atoms with E-state index in [0.29, 0.717) is 5.76 Å². The van der Waals surface area contributed by atoms with E-state index in [2.05, 4.69) is 6.58 Å². The molecule has 0 aliphatic rings. The average Bonchev–Trinajstić information content (AvgIpc) is 2.38. The maximum Gasteiger partial charge on any atom is 0.336 e. The summed E-state index contributed by atoms with van der Waals surface area (Å²) < 4.78 is 5.34. The number of rotatable bonds is 3. The van der Waals surface area contributed by atoms with Crippen molar-refractivity contribution < 1.29 is 4.42 Å². The molecule has 0 unspecified atom stereocenters. The zero-order chi connectivity index (χ0) is 13.1. The van der Waals surface area contributed by atoms with Crippen molar-refractivity contribution >= 4 is 6.08 Å². The van der Waals surface area contributed by atoms with Crippen molar-refractivity contribution in [1.82, 2.24) is 0 Å². The Morgan fingerprint density at radius 1 is 1.28 bits per heavy atom. The molecule has 2 heteroatoms. The average molecular weight is 240 g/mol. The summed E-state index contributed by atoms with van der Waals surface area (Å²) >= 11 is 0. The first-order valence-electron chi connectivity index (χ1n) is 6.02. The van der Waals surface area contributed by atoms with E-state index in [1.54, 1.807) is 6.08 Å². The van der Waals surface area contributed by atoms with E-state index >= 15 is 0 Å². The number of aryl methyl sites for hydroxylation is 2. The molecule has 0 aliphatic heterocycles. The van der Waals surface area contributed by atoms with Crippen molar-refractivity contribution in [2.75, 3.05) is 0 Å². The highest BCUT2D eigenvalue weighted by molar-refractivity contribution is 5.71. The lowest BCUT2D eigenvalue weighted by Gasteiger charge is -2.09. The summed E-state index contributed by atoms with van der Waals surface area (Å²) in [5.41, 5.74) is 3.64. The third kappa shape index (κ3) is 2.28. The van der Waals surface area contributed by atoms with Gasteiger partial charge in [0.25, 0.3) is 0 Å². The molecule has 0 radical (unpaired) electrons. The quantitative estimate of drug-likeness (QED) is 0.816. The zero-order valence-electron chi connectivity index (χ0n) is 10.7. The Labute approximate surface area is 107 Å². The van der Waals surface area contributed by atoms with Crippen LogP contribution in [0.4, 0.5) is 0 Å². The minimum atomic E-state index is -0.312. The summed E-state index contributed by atoms with van der Waals surface area (Å²) in [6, 6.07) is 9.45. The van der Waals surface area contributed by atoms with Gasteiger partial charge in [-0.05, 0) is 18.9 Å². The van der Waals surface area contributed by atoms with E-state index < -0.39 is 0 Å². The lowest BCUT2D eigenvalue weighted by atomic mass is 10.0. The van der Waals surface area contributed by atoms with Gasteiger partial charge < -0.3 is 4.42 Å². The fourth-order valence-corrected chi connectivity index (χ4v) is 1.99. The summed E-state index contributed by atoms with van der Waals surface area (Å²) in [7, 11) is 0. The van der Waals surface area contributed by atoms with Gasteiger partial charge in [0.05, 0.1) is 0 Å². The van der Waals surface area contributed by atoms with E-state index in [1.165, 1.54) is 11.6 Å². The first-order valence-corrected chi connectivity index (χ1v) is 6.02. The summed E-state index contributed by atoms with van der Waals surface area (Å²) in [5.74, 6) is 0.606. The Kier molecular flexibility index (Phi) is 3.47. The largest absolute Gasteiger partial charge is 0.422 e. The van der Waals surface area contributed by atoms with Crippen LogP contribution in [0.1, 0.15) is 23.6 Å². The van der Waals surface area contributed by atoms with Gasteiger partial charge in [-0.15, -0.1) is 0 Å². The molecule has 0 spiro atoms. The van der Waals surface area contributed by atoms with E-state index in [-0.39, 0.29) is 5.63 Å². The maximum atomic E-state index is 11.6. The fourth-order valence-electron chi connectivity index (χ4n) is 1.99. The van der Waals surface area contributed by atoms with Crippen LogP contribution in [0.15, 0.2) is 46.1 Å². The van der Waals surface area contributed by atoms with Crippen LogP contribution in [0.2, 0.25) is 0 Å². The molecule has 0 atom stereocenters. The SMILES string of the molecule is C=Cc1c(CC)cc(=O)oc1-c1ccc(C)cc1. The van der Waals surface area contributed by atoms with E-state index in [4.69, 9.17) is 4.42 Å². The molecule has 1 aromatic carbocycles. The Morgan fingerprint density at radius 3 is 2.50 bits per heavy atom. The topological polar surface area (TPSA) is 30.2 Å². The van der Waals surface area contributed by atoms with Crippen LogP contribution >= 0.6 is 0 Å².